The minimum atomic E-state index is -2.48. The third kappa shape index (κ3) is 3.98. The van der Waals surface area contributed by atoms with Crippen molar-refractivity contribution < 1.29 is 4.43 Å². The molecular weight excluding hydrogens is 392 g/mol. The standard InChI is InChI=1S/C29H42OSi/c1-9-23(2)29(8)21-20-24(28(29,6)7)22-30-31(27(3,4)5,25-16-12-10-13-17-25)26-18-14-11-15-19-26/h9-19,23-24H,1,20-22H2,2-8H3/t23-,24-,29+/m0/s1. The second-order valence-corrected chi connectivity index (χ2v) is 15.7. The lowest BCUT2D eigenvalue weighted by Gasteiger charge is -2.47. The van der Waals surface area contributed by atoms with E-state index in [1.165, 1.54) is 23.2 Å². The van der Waals surface area contributed by atoms with Gasteiger partial charge in [-0.15, -0.1) is 6.58 Å². The van der Waals surface area contributed by atoms with Crippen LogP contribution in [0.3, 0.4) is 0 Å². The van der Waals surface area contributed by atoms with Crippen molar-refractivity contribution in [2.75, 3.05) is 6.61 Å². The number of hydrogen-bond acceptors (Lipinski definition) is 1. The molecule has 0 saturated heterocycles. The molecule has 1 fully saturated rings. The molecule has 0 radical (unpaired) electrons. The number of allylic oxidation sites excluding steroid dienone is 1. The van der Waals surface area contributed by atoms with Gasteiger partial charge in [-0.25, -0.2) is 0 Å². The summed E-state index contributed by atoms with van der Waals surface area (Å²) in [6, 6.07) is 22.0. The van der Waals surface area contributed by atoms with Crippen LogP contribution in [0.4, 0.5) is 0 Å². The van der Waals surface area contributed by atoms with E-state index < -0.39 is 8.32 Å². The molecule has 0 bridgehead atoms. The Labute approximate surface area is 192 Å². The van der Waals surface area contributed by atoms with E-state index in [1.54, 1.807) is 0 Å². The number of rotatable bonds is 7. The summed E-state index contributed by atoms with van der Waals surface area (Å²) in [7, 11) is -2.48. The van der Waals surface area contributed by atoms with Gasteiger partial charge in [-0.05, 0) is 50.9 Å². The number of hydrogen-bond donors (Lipinski definition) is 0. The molecule has 2 heteroatoms. The van der Waals surface area contributed by atoms with Crippen LogP contribution < -0.4 is 10.4 Å². The second-order valence-electron chi connectivity index (χ2n) is 11.4. The molecular formula is C29H42OSi. The summed E-state index contributed by atoms with van der Waals surface area (Å²) < 4.78 is 7.31. The first-order valence-electron chi connectivity index (χ1n) is 11.9. The molecule has 3 rings (SSSR count). The van der Waals surface area contributed by atoms with Crippen molar-refractivity contribution in [1.82, 2.24) is 0 Å². The van der Waals surface area contributed by atoms with Gasteiger partial charge in [0, 0.05) is 6.61 Å². The second kappa shape index (κ2) is 8.71. The molecule has 3 atom stereocenters. The van der Waals surface area contributed by atoms with Crippen LogP contribution in [0.5, 0.6) is 0 Å². The zero-order valence-corrected chi connectivity index (χ0v) is 21.7. The zero-order chi connectivity index (χ0) is 22.9. The van der Waals surface area contributed by atoms with Gasteiger partial charge in [0.05, 0.1) is 0 Å². The highest BCUT2D eigenvalue weighted by Gasteiger charge is 2.55. The topological polar surface area (TPSA) is 9.23 Å². The highest BCUT2D eigenvalue weighted by atomic mass is 28.4. The fourth-order valence-electron chi connectivity index (χ4n) is 5.98. The van der Waals surface area contributed by atoms with Gasteiger partial charge in [-0.3, -0.25) is 0 Å². The molecule has 2 aromatic carbocycles. The Balaban J connectivity index is 2.02. The quantitative estimate of drug-likeness (QED) is 0.343. The molecule has 0 heterocycles. The van der Waals surface area contributed by atoms with E-state index in [2.05, 4.69) is 122 Å². The lowest BCUT2D eigenvalue weighted by molar-refractivity contribution is 0.0327. The molecule has 168 valence electrons. The van der Waals surface area contributed by atoms with Gasteiger partial charge in [0.25, 0.3) is 8.32 Å². The van der Waals surface area contributed by atoms with Crippen LogP contribution in [-0.2, 0) is 4.43 Å². The maximum absolute atomic E-state index is 7.31. The zero-order valence-electron chi connectivity index (χ0n) is 20.7. The van der Waals surface area contributed by atoms with Crippen LogP contribution >= 0.6 is 0 Å². The number of benzene rings is 2. The smallest absolute Gasteiger partial charge is 0.261 e. The average Bonchev–Trinajstić information content (AvgIpc) is 2.98. The minimum Gasteiger partial charge on any atom is -0.407 e. The van der Waals surface area contributed by atoms with E-state index >= 15 is 0 Å². The van der Waals surface area contributed by atoms with Gasteiger partial charge >= 0.3 is 0 Å². The van der Waals surface area contributed by atoms with Crippen molar-refractivity contribution in [1.29, 1.82) is 0 Å². The molecule has 0 N–H and O–H groups in total. The third-order valence-corrected chi connectivity index (χ3v) is 13.8. The predicted octanol–water partition coefficient (Wildman–Crippen LogP) is 6.83. The minimum absolute atomic E-state index is 0.0240. The van der Waals surface area contributed by atoms with E-state index in [0.29, 0.717) is 11.8 Å². The van der Waals surface area contributed by atoms with Gasteiger partial charge in [0.1, 0.15) is 0 Å². The Morgan fingerprint density at radius 3 is 1.90 bits per heavy atom. The van der Waals surface area contributed by atoms with E-state index in [1.807, 2.05) is 0 Å². The van der Waals surface area contributed by atoms with Gasteiger partial charge in [0.2, 0.25) is 0 Å². The largest absolute Gasteiger partial charge is 0.407 e. The first-order valence-corrected chi connectivity index (χ1v) is 13.8. The molecule has 31 heavy (non-hydrogen) atoms. The fraction of sp³-hybridized carbons (Fsp3) is 0.517. The lowest BCUT2D eigenvalue weighted by atomic mass is 9.60. The Kier molecular flexibility index (Phi) is 6.75. The maximum Gasteiger partial charge on any atom is 0.261 e. The van der Waals surface area contributed by atoms with Crippen molar-refractivity contribution >= 4 is 18.7 Å². The van der Waals surface area contributed by atoms with Crippen molar-refractivity contribution in [3.8, 4) is 0 Å². The van der Waals surface area contributed by atoms with E-state index in [9.17, 15) is 0 Å². The molecule has 1 aliphatic rings. The molecule has 0 unspecified atom stereocenters. The summed E-state index contributed by atoms with van der Waals surface area (Å²) in [5.41, 5.74) is 0.459. The summed E-state index contributed by atoms with van der Waals surface area (Å²) in [5, 5.41) is 2.76. The Morgan fingerprint density at radius 1 is 1.00 bits per heavy atom. The highest BCUT2D eigenvalue weighted by Crippen LogP contribution is 2.60. The summed E-state index contributed by atoms with van der Waals surface area (Å²) in [4.78, 5) is 0. The van der Waals surface area contributed by atoms with Gasteiger partial charge < -0.3 is 4.43 Å². The Bertz CT molecular complexity index is 825. The molecule has 1 aliphatic carbocycles. The maximum atomic E-state index is 7.31. The normalized spacial score (nSPS) is 24.7. The van der Waals surface area contributed by atoms with Crippen LogP contribution in [0.1, 0.15) is 61.3 Å². The monoisotopic (exact) mass is 434 g/mol. The van der Waals surface area contributed by atoms with Crippen molar-refractivity contribution in [2.24, 2.45) is 22.7 Å². The van der Waals surface area contributed by atoms with E-state index in [0.717, 1.165) is 6.61 Å². The molecule has 0 aliphatic heterocycles. The fourth-order valence-corrected chi connectivity index (χ4v) is 10.6. The SMILES string of the molecule is C=C[C@H](C)[C@@]1(C)CC[C@@H](CO[Si](c2ccccc2)(c2ccccc2)C(C)(C)C)C1(C)C. The molecule has 0 aromatic heterocycles. The first-order chi connectivity index (χ1) is 14.5. The molecule has 0 amide bonds. The molecule has 2 aromatic rings. The average molecular weight is 435 g/mol. The van der Waals surface area contributed by atoms with Gasteiger partial charge in [-0.2, -0.15) is 0 Å². The molecule has 1 nitrogen and oxygen atoms in total. The third-order valence-electron chi connectivity index (χ3n) is 8.78. The van der Waals surface area contributed by atoms with Crippen LogP contribution in [-0.4, -0.2) is 14.9 Å². The Morgan fingerprint density at radius 2 is 1.48 bits per heavy atom. The van der Waals surface area contributed by atoms with Crippen LogP contribution in [0, 0.1) is 22.7 Å². The summed E-state index contributed by atoms with van der Waals surface area (Å²) in [6.45, 7) is 21.7. The van der Waals surface area contributed by atoms with Crippen molar-refractivity contribution in [3.63, 3.8) is 0 Å². The van der Waals surface area contributed by atoms with E-state index in [-0.39, 0.29) is 15.9 Å². The Hall–Kier alpha value is -1.64. The van der Waals surface area contributed by atoms with Crippen LogP contribution in [0.2, 0.25) is 5.04 Å². The highest BCUT2D eigenvalue weighted by molar-refractivity contribution is 6.99. The van der Waals surface area contributed by atoms with Crippen molar-refractivity contribution in [2.45, 2.75) is 66.3 Å². The first kappa shape index (κ1) is 24.0. The summed E-state index contributed by atoms with van der Waals surface area (Å²) in [6.07, 6.45) is 4.61. The molecule has 1 saturated carbocycles. The molecule has 0 spiro atoms. The van der Waals surface area contributed by atoms with Crippen LogP contribution in [0.15, 0.2) is 73.3 Å². The predicted molar refractivity (Wildman–Crippen MR) is 138 cm³/mol. The lowest BCUT2D eigenvalue weighted by Crippen LogP contribution is -2.67. The van der Waals surface area contributed by atoms with Gasteiger partial charge in [0.15, 0.2) is 0 Å². The van der Waals surface area contributed by atoms with Crippen LogP contribution in [0.25, 0.3) is 0 Å². The van der Waals surface area contributed by atoms with Gasteiger partial charge in [-0.1, -0.05) is 115 Å². The van der Waals surface area contributed by atoms with Crippen molar-refractivity contribution in [3.05, 3.63) is 73.3 Å². The summed E-state index contributed by atoms with van der Waals surface area (Å²) in [5.74, 6) is 1.04. The summed E-state index contributed by atoms with van der Waals surface area (Å²) >= 11 is 0. The van der Waals surface area contributed by atoms with E-state index in [4.69, 9.17) is 4.43 Å².